The highest BCUT2D eigenvalue weighted by Crippen LogP contribution is 2.40. The van der Waals surface area contributed by atoms with E-state index in [2.05, 4.69) is 32.2 Å². The maximum atomic E-state index is 13.1. The highest BCUT2D eigenvalue weighted by molar-refractivity contribution is 5.98. The maximum absolute atomic E-state index is 13.1. The lowest BCUT2D eigenvalue weighted by Gasteiger charge is -2.26. The van der Waals surface area contributed by atoms with Gasteiger partial charge in [0.15, 0.2) is 0 Å². The molecule has 1 aromatic carbocycles. The molecular formula is C26H26N6O3. The standard InChI is InChI=1S/C26H26N6O3/c1-16(33)24-21-5-4-19(25(34)31-8-10-35-11-9-31)13-23(21)32(30-24)26-28-14-20(15-29-26)22-12-18(6-7-27-22)17-2-3-17/h4-7,12-17,33H,2-3,8-11H2,1H3. The van der Waals surface area contributed by atoms with Gasteiger partial charge in [-0.25, -0.2) is 9.97 Å². The Balaban J connectivity index is 1.37. The van der Waals surface area contributed by atoms with Crippen molar-refractivity contribution in [1.29, 1.82) is 0 Å². The van der Waals surface area contributed by atoms with Gasteiger partial charge in [0, 0.05) is 48.2 Å². The Morgan fingerprint density at radius 3 is 2.57 bits per heavy atom. The summed E-state index contributed by atoms with van der Waals surface area (Å²) in [6.45, 7) is 3.88. The van der Waals surface area contributed by atoms with E-state index in [0.717, 1.165) is 16.6 Å². The number of hydrogen-bond donors (Lipinski definition) is 1. The van der Waals surface area contributed by atoms with Crippen molar-refractivity contribution in [3.05, 3.63) is 65.7 Å². The summed E-state index contributed by atoms with van der Waals surface area (Å²) in [5.74, 6) is 0.944. The van der Waals surface area contributed by atoms with Crippen LogP contribution in [0.4, 0.5) is 0 Å². The van der Waals surface area contributed by atoms with Crippen LogP contribution in [0.3, 0.4) is 0 Å². The van der Waals surface area contributed by atoms with Gasteiger partial charge in [-0.15, -0.1) is 0 Å². The molecule has 0 radical (unpaired) electrons. The number of morpholine rings is 1. The molecule has 1 saturated heterocycles. The number of benzene rings is 1. The maximum Gasteiger partial charge on any atom is 0.254 e. The van der Waals surface area contributed by atoms with Gasteiger partial charge < -0.3 is 14.7 Å². The van der Waals surface area contributed by atoms with E-state index in [1.807, 2.05) is 12.3 Å². The first-order chi connectivity index (χ1) is 17.1. The third kappa shape index (κ3) is 4.17. The number of ether oxygens (including phenoxy) is 1. The average Bonchev–Trinajstić information content (AvgIpc) is 3.69. The van der Waals surface area contributed by atoms with Crippen molar-refractivity contribution in [2.75, 3.05) is 26.3 Å². The molecule has 1 atom stereocenters. The van der Waals surface area contributed by atoms with Crippen LogP contribution in [0.5, 0.6) is 0 Å². The summed E-state index contributed by atoms with van der Waals surface area (Å²) in [4.78, 5) is 28.5. The zero-order valence-electron chi connectivity index (χ0n) is 19.5. The van der Waals surface area contributed by atoms with Gasteiger partial charge in [-0.2, -0.15) is 9.78 Å². The molecule has 1 saturated carbocycles. The van der Waals surface area contributed by atoms with Crippen molar-refractivity contribution in [2.45, 2.75) is 31.8 Å². The Morgan fingerprint density at radius 2 is 1.86 bits per heavy atom. The third-order valence-electron chi connectivity index (χ3n) is 6.61. The predicted octanol–water partition coefficient (Wildman–Crippen LogP) is 3.28. The van der Waals surface area contributed by atoms with E-state index in [1.54, 1.807) is 41.0 Å². The number of aliphatic hydroxyl groups is 1. The lowest BCUT2D eigenvalue weighted by molar-refractivity contribution is 0.0303. The van der Waals surface area contributed by atoms with Crippen molar-refractivity contribution in [2.24, 2.45) is 0 Å². The van der Waals surface area contributed by atoms with Gasteiger partial charge in [0.2, 0.25) is 0 Å². The lowest BCUT2D eigenvalue weighted by atomic mass is 10.1. The Morgan fingerprint density at radius 1 is 1.09 bits per heavy atom. The summed E-state index contributed by atoms with van der Waals surface area (Å²) in [5, 5.41) is 15.7. The predicted molar refractivity (Wildman–Crippen MR) is 129 cm³/mol. The molecule has 6 rings (SSSR count). The van der Waals surface area contributed by atoms with Crippen LogP contribution in [0.15, 0.2) is 48.9 Å². The summed E-state index contributed by atoms with van der Waals surface area (Å²) in [6.07, 6.45) is 6.98. The Kier molecular flexibility index (Phi) is 5.50. The fourth-order valence-corrected chi connectivity index (χ4v) is 4.52. The molecule has 4 heterocycles. The van der Waals surface area contributed by atoms with Crippen LogP contribution < -0.4 is 0 Å². The van der Waals surface area contributed by atoms with E-state index in [9.17, 15) is 9.90 Å². The summed E-state index contributed by atoms with van der Waals surface area (Å²) < 4.78 is 6.96. The summed E-state index contributed by atoms with van der Waals surface area (Å²) in [7, 11) is 0. The second-order valence-corrected chi connectivity index (χ2v) is 9.13. The van der Waals surface area contributed by atoms with Crippen LogP contribution in [0.1, 0.15) is 53.4 Å². The number of aromatic nitrogens is 5. The SMILES string of the molecule is CC(O)c1nn(-c2ncc(-c3cc(C4CC4)ccn3)cn2)c2cc(C(=O)N3CCOCC3)ccc12. The van der Waals surface area contributed by atoms with Gasteiger partial charge in [-0.3, -0.25) is 9.78 Å². The van der Waals surface area contributed by atoms with E-state index in [0.29, 0.717) is 54.9 Å². The molecule has 9 heteroatoms. The van der Waals surface area contributed by atoms with Gasteiger partial charge in [0.05, 0.1) is 36.2 Å². The molecule has 0 spiro atoms. The first-order valence-corrected chi connectivity index (χ1v) is 11.9. The zero-order valence-corrected chi connectivity index (χ0v) is 19.5. The monoisotopic (exact) mass is 470 g/mol. The lowest BCUT2D eigenvalue weighted by Crippen LogP contribution is -2.40. The number of carbonyl (C=O) groups excluding carboxylic acids is 1. The van der Waals surface area contributed by atoms with E-state index >= 15 is 0 Å². The van der Waals surface area contributed by atoms with Gasteiger partial charge in [0.25, 0.3) is 11.9 Å². The second kappa shape index (κ2) is 8.83. The highest BCUT2D eigenvalue weighted by atomic mass is 16.5. The molecule has 9 nitrogen and oxygen atoms in total. The first kappa shape index (κ1) is 21.8. The smallest absolute Gasteiger partial charge is 0.254 e. The number of carbonyl (C=O) groups is 1. The third-order valence-corrected chi connectivity index (χ3v) is 6.61. The van der Waals surface area contributed by atoms with Crippen LogP contribution in [-0.2, 0) is 4.74 Å². The number of hydrogen-bond acceptors (Lipinski definition) is 7. The van der Waals surface area contributed by atoms with Gasteiger partial charge >= 0.3 is 0 Å². The topological polar surface area (TPSA) is 106 Å². The number of nitrogens with zero attached hydrogens (tertiary/aromatic N) is 6. The van der Waals surface area contributed by atoms with Crippen molar-refractivity contribution in [3.63, 3.8) is 0 Å². The molecule has 3 aromatic heterocycles. The van der Waals surface area contributed by atoms with Crippen LogP contribution in [0.2, 0.25) is 0 Å². The van der Waals surface area contributed by atoms with E-state index in [1.165, 1.54) is 18.4 Å². The largest absolute Gasteiger partial charge is 0.387 e. The highest BCUT2D eigenvalue weighted by Gasteiger charge is 2.24. The Hall–Kier alpha value is -3.69. The van der Waals surface area contributed by atoms with Crippen LogP contribution in [0, 0.1) is 0 Å². The quantitative estimate of drug-likeness (QED) is 0.477. The number of aliphatic hydroxyl groups excluding tert-OH is 1. The molecule has 1 amide bonds. The van der Waals surface area contributed by atoms with E-state index < -0.39 is 6.10 Å². The summed E-state index contributed by atoms with van der Waals surface area (Å²) in [5.41, 5.74) is 4.70. The Bertz CT molecular complexity index is 1390. The minimum Gasteiger partial charge on any atom is -0.387 e. The number of fused-ring (bicyclic) bond motifs is 1. The van der Waals surface area contributed by atoms with Crippen LogP contribution >= 0.6 is 0 Å². The fourth-order valence-electron chi connectivity index (χ4n) is 4.52. The summed E-state index contributed by atoms with van der Waals surface area (Å²) in [6, 6.07) is 9.58. The molecule has 1 N–H and O–H groups in total. The molecule has 1 unspecified atom stereocenters. The van der Waals surface area contributed by atoms with Crippen LogP contribution in [0.25, 0.3) is 28.1 Å². The molecule has 4 aromatic rings. The first-order valence-electron chi connectivity index (χ1n) is 11.9. The van der Waals surface area contributed by atoms with E-state index in [-0.39, 0.29) is 5.91 Å². The summed E-state index contributed by atoms with van der Waals surface area (Å²) >= 11 is 0. The molecule has 1 aliphatic heterocycles. The molecular weight excluding hydrogens is 444 g/mol. The molecule has 2 fully saturated rings. The van der Waals surface area contributed by atoms with Gasteiger partial charge in [-0.05, 0) is 55.5 Å². The fraction of sp³-hybridized carbons (Fsp3) is 0.346. The molecule has 178 valence electrons. The van der Waals surface area contributed by atoms with E-state index in [4.69, 9.17) is 4.74 Å². The Labute approximate surface area is 202 Å². The average molecular weight is 471 g/mol. The molecule has 2 aliphatic rings. The van der Waals surface area contributed by atoms with Crippen molar-refractivity contribution in [1.82, 2.24) is 29.6 Å². The normalized spacial score (nSPS) is 17.0. The van der Waals surface area contributed by atoms with Crippen molar-refractivity contribution < 1.29 is 14.6 Å². The molecule has 1 aliphatic carbocycles. The molecule has 35 heavy (non-hydrogen) atoms. The minimum atomic E-state index is -0.784. The van der Waals surface area contributed by atoms with Crippen LogP contribution in [-0.4, -0.2) is 66.9 Å². The van der Waals surface area contributed by atoms with Gasteiger partial charge in [0.1, 0.15) is 0 Å². The van der Waals surface area contributed by atoms with Crippen molar-refractivity contribution in [3.8, 4) is 17.2 Å². The van der Waals surface area contributed by atoms with Gasteiger partial charge in [-0.1, -0.05) is 6.07 Å². The molecule has 0 bridgehead atoms. The second-order valence-electron chi connectivity index (χ2n) is 9.13. The number of pyridine rings is 1. The number of amides is 1. The zero-order chi connectivity index (χ0) is 23.9. The number of rotatable bonds is 5. The minimum absolute atomic E-state index is 0.0561. The van der Waals surface area contributed by atoms with Crippen molar-refractivity contribution >= 4 is 16.8 Å².